The van der Waals surface area contributed by atoms with Gasteiger partial charge in [-0.05, 0) is 63.5 Å². The Balaban J connectivity index is 1.94. The fourth-order valence-corrected chi connectivity index (χ4v) is 4.83. The molecule has 1 heterocycles. The molecule has 0 spiro atoms. The number of likely N-dealkylation sites (tertiary alicyclic amines) is 1. The molecule has 21 heavy (non-hydrogen) atoms. The van der Waals surface area contributed by atoms with Crippen molar-refractivity contribution in [2.24, 2.45) is 11.8 Å². The Hall–Kier alpha value is -0.0800. The lowest BCUT2D eigenvalue weighted by atomic mass is 9.75. The van der Waals surface area contributed by atoms with E-state index in [1.165, 1.54) is 70.9 Å². The Kier molecular flexibility index (Phi) is 7.53. The van der Waals surface area contributed by atoms with E-state index in [0.29, 0.717) is 0 Å². The van der Waals surface area contributed by atoms with Crippen LogP contribution >= 0.6 is 0 Å². The fraction of sp³-hybridized carbons (Fsp3) is 1.00. The zero-order chi connectivity index (χ0) is 15.1. The second kappa shape index (κ2) is 9.15. The molecule has 4 unspecified atom stereocenters. The molecule has 1 aliphatic carbocycles. The van der Waals surface area contributed by atoms with Crippen molar-refractivity contribution in [2.75, 3.05) is 19.6 Å². The van der Waals surface area contributed by atoms with Crippen molar-refractivity contribution >= 4 is 0 Å². The topological polar surface area (TPSA) is 15.3 Å². The van der Waals surface area contributed by atoms with E-state index in [2.05, 4.69) is 31.0 Å². The van der Waals surface area contributed by atoms with Crippen LogP contribution in [0.4, 0.5) is 0 Å². The van der Waals surface area contributed by atoms with E-state index in [1.807, 2.05) is 0 Å². The molecule has 124 valence electrons. The van der Waals surface area contributed by atoms with Crippen molar-refractivity contribution in [2.45, 2.75) is 90.6 Å². The van der Waals surface area contributed by atoms with Gasteiger partial charge in [0, 0.05) is 18.6 Å². The van der Waals surface area contributed by atoms with Gasteiger partial charge in [0.2, 0.25) is 0 Å². The van der Waals surface area contributed by atoms with Crippen molar-refractivity contribution in [3.63, 3.8) is 0 Å². The van der Waals surface area contributed by atoms with Crippen LogP contribution in [-0.2, 0) is 0 Å². The van der Waals surface area contributed by atoms with Gasteiger partial charge in [-0.15, -0.1) is 0 Å². The summed E-state index contributed by atoms with van der Waals surface area (Å²) >= 11 is 0. The van der Waals surface area contributed by atoms with Crippen LogP contribution in [0.1, 0.15) is 78.6 Å². The molecule has 0 radical (unpaired) electrons. The average molecular weight is 295 g/mol. The summed E-state index contributed by atoms with van der Waals surface area (Å²) in [6.45, 7) is 10.8. The highest BCUT2D eigenvalue weighted by atomic mass is 15.2. The van der Waals surface area contributed by atoms with E-state index in [-0.39, 0.29) is 0 Å². The second-order valence-corrected chi connectivity index (χ2v) is 7.44. The third-order valence-corrected chi connectivity index (χ3v) is 5.94. The van der Waals surface area contributed by atoms with E-state index >= 15 is 0 Å². The monoisotopic (exact) mass is 294 g/mol. The largest absolute Gasteiger partial charge is 0.314 e. The highest BCUT2D eigenvalue weighted by Gasteiger charge is 2.32. The summed E-state index contributed by atoms with van der Waals surface area (Å²) in [4.78, 5) is 2.84. The molecule has 0 aromatic heterocycles. The van der Waals surface area contributed by atoms with Crippen molar-refractivity contribution in [1.29, 1.82) is 0 Å². The van der Waals surface area contributed by atoms with Crippen molar-refractivity contribution in [3.8, 4) is 0 Å². The molecule has 0 bridgehead atoms. The van der Waals surface area contributed by atoms with Crippen LogP contribution in [0, 0.1) is 11.8 Å². The van der Waals surface area contributed by atoms with Crippen molar-refractivity contribution < 1.29 is 0 Å². The third-order valence-electron chi connectivity index (χ3n) is 5.94. The van der Waals surface area contributed by atoms with Crippen LogP contribution < -0.4 is 5.32 Å². The van der Waals surface area contributed by atoms with E-state index in [0.717, 1.165) is 30.5 Å². The molecular formula is C19H38N2. The molecule has 4 atom stereocenters. The summed E-state index contributed by atoms with van der Waals surface area (Å²) in [6.07, 6.45) is 12.8. The predicted octanol–water partition coefficient (Wildman–Crippen LogP) is 4.45. The van der Waals surface area contributed by atoms with Gasteiger partial charge >= 0.3 is 0 Å². The number of hydrogen-bond acceptors (Lipinski definition) is 2. The maximum absolute atomic E-state index is 3.79. The van der Waals surface area contributed by atoms with Crippen LogP contribution in [-0.4, -0.2) is 36.6 Å². The Bertz CT molecular complexity index is 279. The van der Waals surface area contributed by atoms with Crippen LogP contribution in [0.15, 0.2) is 0 Å². The quantitative estimate of drug-likeness (QED) is 0.746. The maximum atomic E-state index is 3.79. The molecule has 2 heteroatoms. The molecule has 2 rings (SSSR count). The first kappa shape index (κ1) is 17.3. The van der Waals surface area contributed by atoms with E-state index in [1.54, 1.807) is 0 Å². The number of rotatable bonds is 7. The Morgan fingerprint density at radius 3 is 2.62 bits per heavy atom. The number of hydrogen-bond donors (Lipinski definition) is 1. The van der Waals surface area contributed by atoms with Gasteiger partial charge < -0.3 is 10.2 Å². The summed E-state index contributed by atoms with van der Waals surface area (Å²) in [5, 5.41) is 3.79. The molecule has 0 aromatic rings. The van der Waals surface area contributed by atoms with Crippen molar-refractivity contribution in [3.05, 3.63) is 0 Å². The summed E-state index contributed by atoms with van der Waals surface area (Å²) in [5.74, 6) is 1.89. The van der Waals surface area contributed by atoms with Crippen molar-refractivity contribution in [1.82, 2.24) is 10.2 Å². The Labute approximate surface area is 133 Å². The molecule has 2 fully saturated rings. The summed E-state index contributed by atoms with van der Waals surface area (Å²) in [7, 11) is 0. The highest BCUT2D eigenvalue weighted by Crippen LogP contribution is 2.34. The summed E-state index contributed by atoms with van der Waals surface area (Å²) in [5.41, 5.74) is 0. The van der Waals surface area contributed by atoms with Gasteiger partial charge in [0.1, 0.15) is 0 Å². The SMILES string of the molecule is CCCC1CCC(NCC)C(CN2CCCCC2CC)C1. The molecular weight excluding hydrogens is 256 g/mol. The minimum absolute atomic E-state index is 0.780. The molecule has 2 nitrogen and oxygen atoms in total. The zero-order valence-corrected chi connectivity index (χ0v) is 14.7. The van der Waals surface area contributed by atoms with Crippen LogP contribution in [0.25, 0.3) is 0 Å². The molecule has 2 aliphatic rings. The summed E-state index contributed by atoms with van der Waals surface area (Å²) < 4.78 is 0. The predicted molar refractivity (Wildman–Crippen MR) is 92.7 cm³/mol. The van der Waals surface area contributed by atoms with Gasteiger partial charge in [0.05, 0.1) is 0 Å². The van der Waals surface area contributed by atoms with Crippen LogP contribution in [0.3, 0.4) is 0 Å². The highest BCUT2D eigenvalue weighted by molar-refractivity contribution is 4.88. The molecule has 1 saturated carbocycles. The first-order chi connectivity index (χ1) is 10.3. The van der Waals surface area contributed by atoms with Crippen LogP contribution in [0.2, 0.25) is 0 Å². The normalized spacial score (nSPS) is 35.0. The minimum Gasteiger partial charge on any atom is -0.314 e. The first-order valence-electron chi connectivity index (χ1n) is 9.75. The third kappa shape index (κ3) is 4.96. The zero-order valence-electron chi connectivity index (χ0n) is 14.7. The Morgan fingerprint density at radius 2 is 1.90 bits per heavy atom. The van der Waals surface area contributed by atoms with E-state index < -0.39 is 0 Å². The smallest absolute Gasteiger partial charge is 0.0108 e. The number of nitrogens with one attached hydrogen (secondary N) is 1. The fourth-order valence-electron chi connectivity index (χ4n) is 4.83. The Morgan fingerprint density at radius 1 is 1.05 bits per heavy atom. The minimum atomic E-state index is 0.780. The lowest BCUT2D eigenvalue weighted by Crippen LogP contribution is -2.49. The van der Waals surface area contributed by atoms with E-state index in [4.69, 9.17) is 0 Å². The molecule has 0 amide bonds. The lowest BCUT2D eigenvalue weighted by molar-refractivity contribution is 0.0830. The van der Waals surface area contributed by atoms with E-state index in [9.17, 15) is 0 Å². The maximum Gasteiger partial charge on any atom is 0.0108 e. The molecule has 1 aliphatic heterocycles. The molecule has 1 saturated heterocycles. The summed E-state index contributed by atoms with van der Waals surface area (Å²) in [6, 6.07) is 1.65. The molecule has 0 aromatic carbocycles. The van der Waals surface area contributed by atoms with Crippen LogP contribution in [0.5, 0.6) is 0 Å². The van der Waals surface area contributed by atoms with Gasteiger partial charge in [0.25, 0.3) is 0 Å². The number of piperidine rings is 1. The number of nitrogens with zero attached hydrogens (tertiary/aromatic N) is 1. The second-order valence-electron chi connectivity index (χ2n) is 7.44. The average Bonchev–Trinajstić information content (AvgIpc) is 2.51. The standard InChI is InChI=1S/C19H38N2/c1-4-9-16-11-12-19(20-6-3)17(14-16)15-21-13-8-7-10-18(21)5-2/h16-20H,4-15H2,1-3H3. The van der Waals surface area contributed by atoms with Gasteiger partial charge in [-0.25, -0.2) is 0 Å². The van der Waals surface area contributed by atoms with Gasteiger partial charge in [-0.1, -0.05) is 40.0 Å². The lowest BCUT2D eigenvalue weighted by Gasteiger charge is -2.43. The van der Waals surface area contributed by atoms with Gasteiger partial charge in [-0.3, -0.25) is 0 Å². The van der Waals surface area contributed by atoms with Gasteiger partial charge in [0.15, 0.2) is 0 Å². The molecule has 1 N–H and O–H groups in total. The van der Waals surface area contributed by atoms with Gasteiger partial charge in [-0.2, -0.15) is 0 Å². The first-order valence-corrected chi connectivity index (χ1v) is 9.75.